The van der Waals surface area contributed by atoms with Gasteiger partial charge in [-0.2, -0.15) is 10.1 Å². The Morgan fingerprint density at radius 2 is 1.96 bits per heavy atom. The van der Waals surface area contributed by atoms with Gasteiger partial charge < -0.3 is 14.8 Å². The highest BCUT2D eigenvalue weighted by atomic mass is 16.5. The van der Waals surface area contributed by atoms with E-state index in [0.717, 1.165) is 23.4 Å². The molecule has 1 atom stereocenters. The van der Waals surface area contributed by atoms with Crippen LogP contribution >= 0.6 is 0 Å². The van der Waals surface area contributed by atoms with Crippen molar-refractivity contribution in [1.29, 1.82) is 0 Å². The fourth-order valence-corrected chi connectivity index (χ4v) is 3.34. The summed E-state index contributed by atoms with van der Waals surface area (Å²) in [5.74, 6) is 1.08. The summed E-state index contributed by atoms with van der Waals surface area (Å²) >= 11 is 0. The van der Waals surface area contributed by atoms with Crippen LogP contribution in [0.15, 0.2) is 41.9 Å². The largest absolute Gasteiger partial charge is 0.494 e. The second kappa shape index (κ2) is 9.39. The molecule has 2 aromatic rings. The molecule has 1 aliphatic rings. The third kappa shape index (κ3) is 4.35. The number of carbonyl (C=O) groups excluding carboxylic acids is 1. The molecule has 7 nitrogen and oxygen atoms in total. The van der Waals surface area contributed by atoms with Gasteiger partial charge >= 0.3 is 5.97 Å². The van der Waals surface area contributed by atoms with E-state index >= 15 is 0 Å². The lowest BCUT2D eigenvalue weighted by atomic mass is 9.96. The Kier molecular flexibility index (Phi) is 6.68. The minimum Gasteiger partial charge on any atom is -0.494 e. The molecule has 150 valence electrons. The van der Waals surface area contributed by atoms with E-state index in [1.165, 1.54) is 25.6 Å². The quantitative estimate of drug-likeness (QED) is 0.518. The van der Waals surface area contributed by atoms with Gasteiger partial charge in [-0.05, 0) is 38.0 Å². The van der Waals surface area contributed by atoms with Crippen molar-refractivity contribution in [2.75, 3.05) is 18.5 Å². The number of benzene rings is 1. The lowest BCUT2D eigenvalue weighted by molar-refractivity contribution is -0.139. The highest BCUT2D eigenvalue weighted by Gasteiger charge is 2.34. The zero-order valence-electron chi connectivity index (χ0n) is 16.8. The standard InChI is InChI=1S/C21H28N4O3/c1-4-6-7-8-13-28-17-11-9-16(10-12-17)19-18(20(26)27-5-2)15(3)24-21-22-14-23-25(19)21/h9-12,14,19H,4-8,13H2,1-3H3,(H,22,23,24)/t19-/m0/s1. The van der Waals surface area contributed by atoms with Crippen molar-refractivity contribution in [3.63, 3.8) is 0 Å². The number of rotatable bonds is 9. The molecular formula is C21H28N4O3. The molecule has 0 bridgehead atoms. The Bertz CT molecular complexity index is 826. The zero-order chi connectivity index (χ0) is 19.9. The molecule has 0 radical (unpaired) electrons. The summed E-state index contributed by atoms with van der Waals surface area (Å²) in [5, 5.41) is 7.44. The number of esters is 1. The van der Waals surface area contributed by atoms with Crippen LogP contribution < -0.4 is 10.1 Å². The first-order chi connectivity index (χ1) is 13.7. The Labute approximate surface area is 165 Å². The maximum Gasteiger partial charge on any atom is 0.338 e. The van der Waals surface area contributed by atoms with E-state index in [9.17, 15) is 4.79 Å². The van der Waals surface area contributed by atoms with Crippen molar-refractivity contribution in [1.82, 2.24) is 14.8 Å². The summed E-state index contributed by atoms with van der Waals surface area (Å²) in [7, 11) is 0. The minimum atomic E-state index is -0.392. The van der Waals surface area contributed by atoms with Crippen molar-refractivity contribution in [3.05, 3.63) is 47.4 Å². The molecule has 1 aromatic carbocycles. The van der Waals surface area contributed by atoms with Crippen molar-refractivity contribution >= 4 is 11.9 Å². The lowest BCUT2D eigenvalue weighted by Gasteiger charge is -2.28. The van der Waals surface area contributed by atoms with E-state index in [2.05, 4.69) is 22.3 Å². The number of carbonyl (C=O) groups is 1. The molecule has 1 N–H and O–H groups in total. The average molecular weight is 384 g/mol. The van der Waals surface area contributed by atoms with Gasteiger partial charge in [0, 0.05) is 5.70 Å². The van der Waals surface area contributed by atoms with Gasteiger partial charge in [-0.15, -0.1) is 0 Å². The molecule has 0 saturated carbocycles. The van der Waals surface area contributed by atoms with E-state index in [1.54, 1.807) is 11.6 Å². The van der Waals surface area contributed by atoms with Crippen LogP contribution in [0.25, 0.3) is 0 Å². The molecule has 1 aromatic heterocycles. The Morgan fingerprint density at radius 1 is 1.18 bits per heavy atom. The first-order valence-corrected chi connectivity index (χ1v) is 9.92. The predicted octanol–water partition coefficient (Wildman–Crippen LogP) is 4.09. The van der Waals surface area contributed by atoms with Gasteiger partial charge in [-0.1, -0.05) is 38.3 Å². The van der Waals surface area contributed by atoms with E-state index in [1.807, 2.05) is 31.2 Å². The molecule has 7 heteroatoms. The van der Waals surface area contributed by atoms with Gasteiger partial charge in [-0.25, -0.2) is 9.48 Å². The molecule has 0 unspecified atom stereocenters. The fourth-order valence-electron chi connectivity index (χ4n) is 3.34. The SMILES string of the molecule is CCCCCCOc1ccc([C@H]2C(C(=O)OCC)=C(C)Nc3ncnn32)cc1. The summed E-state index contributed by atoms with van der Waals surface area (Å²) in [5.41, 5.74) is 2.18. The van der Waals surface area contributed by atoms with E-state index in [4.69, 9.17) is 9.47 Å². The molecular weight excluding hydrogens is 356 g/mol. The third-order valence-electron chi connectivity index (χ3n) is 4.75. The van der Waals surface area contributed by atoms with Crippen LogP contribution in [0.1, 0.15) is 58.1 Å². The molecule has 2 heterocycles. The second-order valence-corrected chi connectivity index (χ2v) is 6.79. The molecule has 0 saturated heterocycles. The summed E-state index contributed by atoms with van der Waals surface area (Å²) in [4.78, 5) is 16.8. The predicted molar refractivity (Wildman–Crippen MR) is 107 cm³/mol. The summed E-state index contributed by atoms with van der Waals surface area (Å²) in [6, 6.07) is 7.42. The molecule has 1 aliphatic heterocycles. The van der Waals surface area contributed by atoms with Crippen molar-refractivity contribution in [2.45, 2.75) is 52.5 Å². The average Bonchev–Trinajstić information content (AvgIpc) is 3.15. The molecule has 0 amide bonds. The zero-order valence-corrected chi connectivity index (χ0v) is 16.8. The molecule has 0 fully saturated rings. The van der Waals surface area contributed by atoms with Gasteiger partial charge in [-0.3, -0.25) is 0 Å². The summed E-state index contributed by atoms with van der Waals surface area (Å²) in [6.45, 7) is 6.88. The van der Waals surface area contributed by atoms with E-state index < -0.39 is 6.04 Å². The molecule has 28 heavy (non-hydrogen) atoms. The summed E-state index contributed by atoms with van der Waals surface area (Å²) < 4.78 is 12.8. The van der Waals surface area contributed by atoms with Crippen molar-refractivity contribution < 1.29 is 14.3 Å². The highest BCUT2D eigenvalue weighted by Crippen LogP contribution is 2.35. The van der Waals surface area contributed by atoms with Gasteiger partial charge in [0.25, 0.3) is 0 Å². The maximum atomic E-state index is 12.6. The van der Waals surface area contributed by atoms with Gasteiger partial charge in [0.1, 0.15) is 18.1 Å². The topological polar surface area (TPSA) is 78.3 Å². The Hall–Kier alpha value is -2.83. The van der Waals surface area contributed by atoms with Crippen molar-refractivity contribution in [3.8, 4) is 5.75 Å². The molecule has 0 spiro atoms. The smallest absolute Gasteiger partial charge is 0.338 e. The Balaban J connectivity index is 1.80. The van der Waals surface area contributed by atoms with Crippen molar-refractivity contribution in [2.24, 2.45) is 0 Å². The fraction of sp³-hybridized carbons (Fsp3) is 0.476. The molecule has 0 aliphatic carbocycles. The Morgan fingerprint density at radius 3 is 2.68 bits per heavy atom. The third-order valence-corrected chi connectivity index (χ3v) is 4.75. The van der Waals surface area contributed by atoms with E-state index in [0.29, 0.717) is 24.7 Å². The maximum absolute atomic E-state index is 12.6. The van der Waals surface area contributed by atoms with E-state index in [-0.39, 0.29) is 5.97 Å². The van der Waals surface area contributed by atoms with Gasteiger partial charge in [0.15, 0.2) is 0 Å². The van der Waals surface area contributed by atoms with Crippen LogP contribution in [0.4, 0.5) is 5.95 Å². The van der Waals surface area contributed by atoms with Crippen LogP contribution in [-0.2, 0) is 9.53 Å². The molecule has 3 rings (SSSR count). The number of hydrogen-bond donors (Lipinski definition) is 1. The highest BCUT2D eigenvalue weighted by molar-refractivity contribution is 5.92. The van der Waals surface area contributed by atoms with Crippen LogP contribution in [-0.4, -0.2) is 33.9 Å². The van der Waals surface area contributed by atoms with Gasteiger partial charge in [0.2, 0.25) is 5.95 Å². The first-order valence-electron chi connectivity index (χ1n) is 9.92. The van der Waals surface area contributed by atoms with Crippen LogP contribution in [0, 0.1) is 0 Å². The number of anilines is 1. The first kappa shape index (κ1) is 19.9. The van der Waals surface area contributed by atoms with Crippen LogP contribution in [0.5, 0.6) is 5.75 Å². The number of nitrogens with one attached hydrogen (secondary N) is 1. The number of aromatic nitrogens is 3. The second-order valence-electron chi connectivity index (χ2n) is 6.79. The number of fused-ring (bicyclic) bond motifs is 1. The monoisotopic (exact) mass is 384 g/mol. The number of allylic oxidation sites excluding steroid dienone is 1. The lowest BCUT2D eigenvalue weighted by Crippen LogP contribution is -2.29. The van der Waals surface area contributed by atoms with Crippen LogP contribution in [0.2, 0.25) is 0 Å². The normalized spacial score (nSPS) is 15.8. The van der Waals surface area contributed by atoms with Crippen LogP contribution in [0.3, 0.4) is 0 Å². The number of hydrogen-bond acceptors (Lipinski definition) is 6. The minimum absolute atomic E-state index is 0.317. The van der Waals surface area contributed by atoms with Gasteiger partial charge in [0.05, 0.1) is 18.8 Å². The number of nitrogens with zero attached hydrogens (tertiary/aromatic N) is 3. The summed E-state index contributed by atoms with van der Waals surface area (Å²) in [6.07, 6.45) is 6.17. The number of ether oxygens (including phenoxy) is 2. The number of unbranched alkanes of at least 4 members (excludes halogenated alkanes) is 3.